The first kappa shape index (κ1) is 15.6. The average Bonchev–Trinajstić information content (AvgIpc) is 3.30. The van der Waals surface area contributed by atoms with Crippen LogP contribution in [0.1, 0.15) is 37.0 Å². The topological polar surface area (TPSA) is 59.6 Å². The predicted octanol–water partition coefficient (Wildman–Crippen LogP) is 1.97. The second kappa shape index (κ2) is 7.88. The highest BCUT2D eigenvalue weighted by Gasteiger charge is 2.19. The third-order valence-corrected chi connectivity index (χ3v) is 3.23. The van der Waals surface area contributed by atoms with Gasteiger partial charge in [0, 0.05) is 24.7 Å². The Morgan fingerprint density at radius 1 is 1.14 bits per heavy atom. The molecule has 1 aliphatic rings. The van der Waals surface area contributed by atoms with Crippen molar-refractivity contribution in [1.29, 1.82) is 0 Å². The molecule has 0 heterocycles. The van der Waals surface area contributed by atoms with Crippen molar-refractivity contribution in [1.82, 2.24) is 10.6 Å². The van der Waals surface area contributed by atoms with Gasteiger partial charge in [-0.05, 0) is 44.9 Å². The number of benzene rings is 1. The molecule has 1 aromatic rings. The first-order valence-electron chi connectivity index (χ1n) is 7.65. The Balaban J connectivity index is 1.90. The van der Waals surface area contributed by atoms with Crippen LogP contribution in [0.4, 0.5) is 0 Å². The highest BCUT2D eigenvalue weighted by molar-refractivity contribution is 5.94. The van der Waals surface area contributed by atoms with Gasteiger partial charge < -0.3 is 20.1 Å². The summed E-state index contributed by atoms with van der Waals surface area (Å²) in [5.74, 6) is 1.20. The molecule has 1 aromatic carbocycles. The summed E-state index contributed by atoms with van der Waals surface area (Å²) < 4.78 is 11.0. The monoisotopic (exact) mass is 292 g/mol. The van der Waals surface area contributed by atoms with E-state index in [0.29, 0.717) is 42.9 Å². The van der Waals surface area contributed by atoms with Crippen molar-refractivity contribution in [2.45, 2.75) is 32.7 Å². The third-order valence-electron chi connectivity index (χ3n) is 3.23. The van der Waals surface area contributed by atoms with E-state index in [2.05, 4.69) is 10.6 Å². The maximum Gasteiger partial charge on any atom is 0.251 e. The molecule has 0 spiro atoms. The standard InChI is InChI=1S/C16H24N2O3/c1-3-20-14-8-5-12(11-15(14)21-4-2)16(19)18-10-9-17-13-6-7-13/h5,8,11,13,17H,3-4,6-7,9-10H2,1-2H3,(H,18,19). The van der Waals surface area contributed by atoms with Gasteiger partial charge in [-0.1, -0.05) is 0 Å². The molecule has 1 amide bonds. The minimum Gasteiger partial charge on any atom is -0.490 e. The normalized spacial score (nSPS) is 13.8. The molecule has 1 saturated carbocycles. The van der Waals surface area contributed by atoms with E-state index >= 15 is 0 Å². The molecule has 0 atom stereocenters. The molecule has 1 aliphatic carbocycles. The Labute approximate surface area is 126 Å². The van der Waals surface area contributed by atoms with E-state index in [-0.39, 0.29) is 5.91 Å². The maximum atomic E-state index is 12.1. The summed E-state index contributed by atoms with van der Waals surface area (Å²) in [6.45, 7) is 6.38. The quantitative estimate of drug-likeness (QED) is 0.683. The van der Waals surface area contributed by atoms with E-state index in [0.717, 1.165) is 6.54 Å². The molecule has 0 aliphatic heterocycles. The molecule has 5 heteroatoms. The lowest BCUT2D eigenvalue weighted by atomic mass is 10.2. The highest BCUT2D eigenvalue weighted by atomic mass is 16.5. The van der Waals surface area contributed by atoms with Gasteiger partial charge in [-0.15, -0.1) is 0 Å². The van der Waals surface area contributed by atoms with Gasteiger partial charge >= 0.3 is 0 Å². The van der Waals surface area contributed by atoms with Crippen LogP contribution in [-0.4, -0.2) is 38.3 Å². The van der Waals surface area contributed by atoms with Crippen molar-refractivity contribution in [3.05, 3.63) is 23.8 Å². The van der Waals surface area contributed by atoms with Crippen LogP contribution in [0.25, 0.3) is 0 Å². The Morgan fingerprint density at radius 2 is 1.86 bits per heavy atom. The molecular weight excluding hydrogens is 268 g/mol. The second-order valence-corrected chi connectivity index (χ2v) is 5.01. The van der Waals surface area contributed by atoms with Crippen molar-refractivity contribution in [3.8, 4) is 11.5 Å². The number of ether oxygens (including phenoxy) is 2. The first-order chi connectivity index (χ1) is 10.2. The maximum absolute atomic E-state index is 12.1. The molecule has 0 radical (unpaired) electrons. The number of rotatable bonds is 9. The van der Waals surface area contributed by atoms with Gasteiger partial charge in [0.25, 0.3) is 5.91 Å². The van der Waals surface area contributed by atoms with Crippen molar-refractivity contribution >= 4 is 5.91 Å². The van der Waals surface area contributed by atoms with E-state index in [9.17, 15) is 4.79 Å². The van der Waals surface area contributed by atoms with Crippen LogP contribution in [0.3, 0.4) is 0 Å². The van der Waals surface area contributed by atoms with Gasteiger partial charge in [0.2, 0.25) is 0 Å². The molecule has 2 rings (SSSR count). The van der Waals surface area contributed by atoms with Gasteiger partial charge in [-0.2, -0.15) is 0 Å². The zero-order valence-electron chi connectivity index (χ0n) is 12.8. The van der Waals surface area contributed by atoms with E-state index in [1.54, 1.807) is 18.2 Å². The summed E-state index contributed by atoms with van der Waals surface area (Å²) in [6.07, 6.45) is 2.51. The highest BCUT2D eigenvalue weighted by Crippen LogP contribution is 2.28. The molecule has 0 saturated heterocycles. The molecule has 5 nitrogen and oxygen atoms in total. The summed E-state index contributed by atoms with van der Waals surface area (Å²) in [7, 11) is 0. The molecule has 116 valence electrons. The summed E-state index contributed by atoms with van der Waals surface area (Å²) in [5, 5.41) is 6.27. The number of hydrogen-bond acceptors (Lipinski definition) is 4. The van der Waals surface area contributed by atoms with E-state index in [4.69, 9.17) is 9.47 Å². The molecule has 0 aromatic heterocycles. The fourth-order valence-electron chi connectivity index (χ4n) is 2.03. The first-order valence-corrected chi connectivity index (χ1v) is 7.65. The predicted molar refractivity (Wildman–Crippen MR) is 82.1 cm³/mol. The minimum absolute atomic E-state index is 0.0865. The third kappa shape index (κ3) is 4.93. The largest absolute Gasteiger partial charge is 0.490 e. The number of amides is 1. The van der Waals surface area contributed by atoms with Gasteiger partial charge in [-0.25, -0.2) is 0 Å². The van der Waals surface area contributed by atoms with Crippen LogP contribution < -0.4 is 20.1 Å². The Morgan fingerprint density at radius 3 is 2.52 bits per heavy atom. The minimum atomic E-state index is -0.0865. The zero-order chi connectivity index (χ0) is 15.1. The summed E-state index contributed by atoms with van der Waals surface area (Å²) in [4.78, 5) is 12.1. The zero-order valence-corrected chi connectivity index (χ0v) is 12.8. The van der Waals surface area contributed by atoms with Crippen molar-refractivity contribution < 1.29 is 14.3 Å². The average molecular weight is 292 g/mol. The lowest BCUT2D eigenvalue weighted by Crippen LogP contribution is -2.32. The number of carbonyl (C=O) groups excluding carboxylic acids is 1. The van der Waals surface area contributed by atoms with Crippen LogP contribution in [0, 0.1) is 0 Å². The summed E-state index contributed by atoms with van der Waals surface area (Å²) in [6, 6.07) is 5.94. The number of nitrogens with one attached hydrogen (secondary N) is 2. The Bertz CT molecular complexity index is 473. The fourth-order valence-corrected chi connectivity index (χ4v) is 2.03. The number of hydrogen-bond donors (Lipinski definition) is 2. The second-order valence-electron chi connectivity index (χ2n) is 5.01. The van der Waals surface area contributed by atoms with Crippen molar-refractivity contribution in [2.75, 3.05) is 26.3 Å². The van der Waals surface area contributed by atoms with Crippen LogP contribution in [0.5, 0.6) is 11.5 Å². The lowest BCUT2D eigenvalue weighted by Gasteiger charge is -2.12. The molecule has 0 unspecified atom stereocenters. The molecular formula is C16H24N2O3. The Hall–Kier alpha value is -1.75. The van der Waals surface area contributed by atoms with Crippen LogP contribution in [-0.2, 0) is 0 Å². The Kier molecular flexibility index (Phi) is 5.87. The molecule has 2 N–H and O–H groups in total. The van der Waals surface area contributed by atoms with E-state index in [1.165, 1.54) is 12.8 Å². The van der Waals surface area contributed by atoms with Crippen LogP contribution >= 0.6 is 0 Å². The molecule has 21 heavy (non-hydrogen) atoms. The van der Waals surface area contributed by atoms with Crippen LogP contribution in [0.2, 0.25) is 0 Å². The lowest BCUT2D eigenvalue weighted by molar-refractivity contribution is 0.0953. The van der Waals surface area contributed by atoms with Gasteiger partial charge in [-0.3, -0.25) is 4.79 Å². The molecule has 1 fully saturated rings. The SMILES string of the molecule is CCOc1ccc(C(=O)NCCNC2CC2)cc1OCC. The fraction of sp³-hybridized carbons (Fsp3) is 0.562. The van der Waals surface area contributed by atoms with Gasteiger partial charge in [0.05, 0.1) is 13.2 Å². The van der Waals surface area contributed by atoms with Crippen molar-refractivity contribution in [2.24, 2.45) is 0 Å². The number of carbonyl (C=O) groups is 1. The summed E-state index contributed by atoms with van der Waals surface area (Å²) >= 11 is 0. The van der Waals surface area contributed by atoms with Gasteiger partial charge in [0.1, 0.15) is 0 Å². The smallest absolute Gasteiger partial charge is 0.251 e. The summed E-state index contributed by atoms with van der Waals surface area (Å²) in [5.41, 5.74) is 0.591. The van der Waals surface area contributed by atoms with Gasteiger partial charge in [0.15, 0.2) is 11.5 Å². The van der Waals surface area contributed by atoms with Crippen LogP contribution in [0.15, 0.2) is 18.2 Å². The van der Waals surface area contributed by atoms with E-state index < -0.39 is 0 Å². The molecule has 0 bridgehead atoms. The van der Waals surface area contributed by atoms with E-state index in [1.807, 2.05) is 13.8 Å². The van der Waals surface area contributed by atoms with Crippen molar-refractivity contribution in [3.63, 3.8) is 0 Å².